The zero-order valence-electron chi connectivity index (χ0n) is 18.7. The van der Waals surface area contributed by atoms with Crippen LogP contribution in [0.25, 0.3) is 34.2 Å². The van der Waals surface area contributed by atoms with Gasteiger partial charge in [0.1, 0.15) is 5.75 Å². The number of carbonyl (C=O) groups excluding carboxylic acids is 1. The van der Waals surface area contributed by atoms with Crippen LogP contribution in [0.5, 0.6) is 5.75 Å². The van der Waals surface area contributed by atoms with Gasteiger partial charge in [-0.1, -0.05) is 18.2 Å². The number of hydrogen-bond acceptors (Lipinski definition) is 8. The Bertz CT molecular complexity index is 1480. The Kier molecular flexibility index (Phi) is 6.12. The van der Waals surface area contributed by atoms with E-state index in [1.54, 1.807) is 48.5 Å². The summed E-state index contributed by atoms with van der Waals surface area (Å²) in [5, 5.41) is 10.5. The second kappa shape index (κ2) is 9.03. The Morgan fingerprint density at radius 2 is 1.35 bits per heavy atom. The highest BCUT2D eigenvalue weighted by atomic mass is 32.2. The van der Waals surface area contributed by atoms with E-state index in [0.29, 0.717) is 33.9 Å². The molecule has 0 bridgehead atoms. The number of aromatic nitrogens is 3. The highest BCUT2D eigenvalue weighted by Gasteiger charge is 2.16. The molecule has 0 atom stereocenters. The molecule has 34 heavy (non-hydrogen) atoms. The van der Waals surface area contributed by atoms with Crippen molar-refractivity contribution in [3.05, 3.63) is 77.9 Å². The van der Waals surface area contributed by atoms with E-state index in [1.165, 1.54) is 19.2 Å². The van der Waals surface area contributed by atoms with Gasteiger partial charge in [0, 0.05) is 17.4 Å². The number of hydrogen-bond donors (Lipinski definition) is 1. The predicted molar refractivity (Wildman–Crippen MR) is 127 cm³/mol. The lowest BCUT2D eigenvalue weighted by atomic mass is 10.1. The van der Waals surface area contributed by atoms with Gasteiger partial charge in [-0.25, -0.2) is 28.2 Å². The number of phenols is 1. The average molecular weight is 476 g/mol. The minimum Gasteiger partial charge on any atom is -0.507 e. The molecule has 0 amide bonds. The van der Waals surface area contributed by atoms with Crippen molar-refractivity contribution in [2.45, 2.75) is 11.8 Å². The van der Waals surface area contributed by atoms with Crippen molar-refractivity contribution >= 4 is 15.8 Å². The number of rotatable bonds is 5. The predicted octanol–water partition coefficient (Wildman–Crippen LogP) is 4.08. The van der Waals surface area contributed by atoms with Gasteiger partial charge in [-0.15, -0.1) is 0 Å². The topological polar surface area (TPSA) is 119 Å². The molecule has 0 fully saturated rings. The first-order chi connectivity index (χ1) is 16.2. The molecule has 0 saturated carbocycles. The molecule has 0 aliphatic heterocycles. The molecule has 0 unspecified atom stereocenters. The summed E-state index contributed by atoms with van der Waals surface area (Å²) >= 11 is 0. The summed E-state index contributed by atoms with van der Waals surface area (Å²) in [5.41, 5.74) is 2.89. The maximum absolute atomic E-state index is 11.8. The van der Waals surface area contributed by atoms with E-state index < -0.39 is 15.8 Å². The molecular weight excluding hydrogens is 454 g/mol. The molecule has 0 radical (unpaired) electrons. The molecule has 4 aromatic rings. The molecule has 172 valence electrons. The van der Waals surface area contributed by atoms with E-state index in [9.17, 15) is 18.3 Å². The van der Waals surface area contributed by atoms with Crippen LogP contribution in [-0.2, 0) is 14.6 Å². The van der Waals surface area contributed by atoms with Crippen LogP contribution in [-0.4, -0.2) is 47.8 Å². The summed E-state index contributed by atoms with van der Waals surface area (Å²) in [6.45, 7) is 1.86. The molecule has 8 nitrogen and oxygen atoms in total. The molecule has 9 heteroatoms. The Labute approximate surface area is 196 Å². The molecule has 0 aliphatic rings. The van der Waals surface area contributed by atoms with Crippen LogP contribution in [0.15, 0.2) is 71.6 Å². The summed E-state index contributed by atoms with van der Waals surface area (Å²) in [7, 11) is -2.04. The molecule has 0 aliphatic carbocycles. The lowest BCUT2D eigenvalue weighted by Gasteiger charge is -2.10. The van der Waals surface area contributed by atoms with Crippen LogP contribution < -0.4 is 0 Å². The van der Waals surface area contributed by atoms with Crippen molar-refractivity contribution in [2.75, 3.05) is 13.4 Å². The van der Waals surface area contributed by atoms with E-state index in [-0.39, 0.29) is 16.5 Å². The molecule has 1 heterocycles. The number of ether oxygens (including phenoxy) is 1. The summed E-state index contributed by atoms with van der Waals surface area (Å²) < 4.78 is 28.4. The second-order valence-corrected chi connectivity index (χ2v) is 9.71. The first-order valence-electron chi connectivity index (χ1n) is 10.2. The van der Waals surface area contributed by atoms with E-state index in [0.717, 1.165) is 11.8 Å². The third kappa shape index (κ3) is 4.79. The van der Waals surface area contributed by atoms with Gasteiger partial charge in [0.15, 0.2) is 27.3 Å². The van der Waals surface area contributed by atoms with Crippen LogP contribution in [0.2, 0.25) is 0 Å². The SMILES string of the molecule is COC(=O)c1ccc(-c2nc(-c3ccc(S(C)(=O)=O)cc3)nc(-c3ccc(C)cc3O)n2)cc1. The van der Waals surface area contributed by atoms with E-state index >= 15 is 0 Å². The van der Waals surface area contributed by atoms with Crippen LogP contribution in [0.4, 0.5) is 0 Å². The highest BCUT2D eigenvalue weighted by Crippen LogP contribution is 2.31. The van der Waals surface area contributed by atoms with Gasteiger partial charge in [0.25, 0.3) is 0 Å². The molecule has 0 saturated heterocycles. The first-order valence-corrected chi connectivity index (χ1v) is 12.1. The number of esters is 1. The summed E-state index contributed by atoms with van der Waals surface area (Å²) in [5.74, 6) is 0.443. The van der Waals surface area contributed by atoms with Crippen molar-refractivity contribution in [2.24, 2.45) is 0 Å². The maximum atomic E-state index is 11.8. The molecule has 4 rings (SSSR count). The van der Waals surface area contributed by atoms with Gasteiger partial charge in [0.2, 0.25) is 0 Å². The Hall–Kier alpha value is -4.11. The molecule has 0 spiro atoms. The van der Waals surface area contributed by atoms with E-state index in [1.807, 2.05) is 13.0 Å². The number of methoxy groups -OCH3 is 1. The normalized spacial score (nSPS) is 11.3. The number of aromatic hydroxyl groups is 1. The number of benzene rings is 3. The molecule has 1 N–H and O–H groups in total. The van der Waals surface area contributed by atoms with Crippen molar-refractivity contribution < 1.29 is 23.1 Å². The number of phenolic OH excluding ortho intramolecular Hbond substituents is 1. The number of aryl methyl sites for hydroxylation is 1. The highest BCUT2D eigenvalue weighted by molar-refractivity contribution is 7.90. The van der Waals surface area contributed by atoms with Gasteiger partial charge in [-0.05, 0) is 61.0 Å². The standard InChI is InChI=1S/C25H21N3O5S/c1-15-4-13-20(21(29)14-15)24-27-22(16-5-7-18(8-6-16)25(30)33-2)26-23(28-24)17-9-11-19(12-10-17)34(3,31)32/h4-14,29H,1-3H3. The minimum absolute atomic E-state index is 0.0246. The van der Waals surface area contributed by atoms with E-state index in [4.69, 9.17) is 4.74 Å². The van der Waals surface area contributed by atoms with Gasteiger partial charge >= 0.3 is 5.97 Å². The van der Waals surface area contributed by atoms with Crippen molar-refractivity contribution in [1.82, 2.24) is 15.0 Å². The minimum atomic E-state index is -3.35. The third-order valence-electron chi connectivity index (χ3n) is 5.13. The monoisotopic (exact) mass is 475 g/mol. The Balaban J connectivity index is 1.87. The third-order valence-corrected chi connectivity index (χ3v) is 6.26. The Morgan fingerprint density at radius 1 is 0.824 bits per heavy atom. The quantitative estimate of drug-likeness (QED) is 0.429. The number of carbonyl (C=O) groups is 1. The summed E-state index contributed by atoms with van der Waals surface area (Å²) in [4.78, 5) is 25.6. The average Bonchev–Trinajstić information content (AvgIpc) is 2.83. The fourth-order valence-electron chi connectivity index (χ4n) is 3.31. The van der Waals surface area contributed by atoms with Gasteiger partial charge in [-0.3, -0.25) is 0 Å². The van der Waals surface area contributed by atoms with Crippen LogP contribution in [0.1, 0.15) is 15.9 Å². The van der Waals surface area contributed by atoms with Gasteiger partial charge in [0.05, 0.1) is 23.1 Å². The van der Waals surface area contributed by atoms with Gasteiger partial charge in [-0.2, -0.15) is 0 Å². The first kappa shape index (κ1) is 23.1. The molecule has 1 aromatic heterocycles. The van der Waals surface area contributed by atoms with Crippen LogP contribution >= 0.6 is 0 Å². The fraction of sp³-hybridized carbons (Fsp3) is 0.120. The zero-order chi connectivity index (χ0) is 24.5. The van der Waals surface area contributed by atoms with Crippen LogP contribution in [0, 0.1) is 6.92 Å². The second-order valence-electron chi connectivity index (χ2n) is 7.69. The molecule has 3 aromatic carbocycles. The van der Waals surface area contributed by atoms with E-state index in [2.05, 4.69) is 15.0 Å². The van der Waals surface area contributed by atoms with Crippen molar-refractivity contribution in [3.63, 3.8) is 0 Å². The van der Waals surface area contributed by atoms with Crippen molar-refractivity contribution in [3.8, 4) is 39.9 Å². The summed E-state index contributed by atoms with van der Waals surface area (Å²) in [6, 6.07) is 18.0. The smallest absolute Gasteiger partial charge is 0.337 e. The summed E-state index contributed by atoms with van der Waals surface area (Å²) in [6.07, 6.45) is 1.14. The number of nitrogens with zero attached hydrogens (tertiary/aromatic N) is 3. The zero-order valence-corrected chi connectivity index (χ0v) is 19.5. The van der Waals surface area contributed by atoms with Gasteiger partial charge < -0.3 is 9.84 Å². The lowest BCUT2D eigenvalue weighted by Crippen LogP contribution is -2.03. The molecular formula is C25H21N3O5S. The fourth-order valence-corrected chi connectivity index (χ4v) is 3.94. The Morgan fingerprint density at radius 3 is 1.85 bits per heavy atom. The lowest BCUT2D eigenvalue weighted by molar-refractivity contribution is 0.0600. The maximum Gasteiger partial charge on any atom is 0.337 e. The number of sulfone groups is 1. The largest absolute Gasteiger partial charge is 0.507 e. The van der Waals surface area contributed by atoms with Crippen molar-refractivity contribution in [1.29, 1.82) is 0 Å². The van der Waals surface area contributed by atoms with Crippen LogP contribution in [0.3, 0.4) is 0 Å².